The van der Waals surface area contributed by atoms with Gasteiger partial charge < -0.3 is 10.6 Å². The largest absolute Gasteiger partial charge is 0.370 e. The molecule has 2 aromatic carbocycles. The van der Waals surface area contributed by atoms with Gasteiger partial charge >= 0.3 is 0 Å². The zero-order valence-electron chi connectivity index (χ0n) is 14.1. The van der Waals surface area contributed by atoms with Gasteiger partial charge in [0.25, 0.3) is 0 Å². The second-order valence-electron chi connectivity index (χ2n) is 5.60. The van der Waals surface area contributed by atoms with E-state index in [4.69, 9.17) is 0 Å². The number of halogens is 3. The number of anilines is 3. The van der Waals surface area contributed by atoms with Crippen molar-refractivity contribution < 1.29 is 13.2 Å². The lowest BCUT2D eigenvalue weighted by Gasteiger charge is -2.12. The molecule has 0 fully saturated rings. The Hall–Kier alpha value is -3.09. The Morgan fingerprint density at radius 2 is 1.69 bits per heavy atom. The molecule has 0 aliphatic heterocycles. The third-order valence-electron chi connectivity index (χ3n) is 3.63. The second-order valence-corrected chi connectivity index (χ2v) is 5.60. The summed E-state index contributed by atoms with van der Waals surface area (Å²) in [5.41, 5.74) is 1.23. The van der Waals surface area contributed by atoms with E-state index >= 15 is 0 Å². The Morgan fingerprint density at radius 1 is 0.923 bits per heavy atom. The Balaban J connectivity index is 1.99. The first-order valence-corrected chi connectivity index (χ1v) is 8.17. The van der Waals surface area contributed by atoms with Gasteiger partial charge in [0.05, 0.1) is 11.4 Å². The average molecular weight is 358 g/mol. The van der Waals surface area contributed by atoms with Crippen LogP contribution in [0, 0.1) is 17.5 Å². The van der Waals surface area contributed by atoms with Gasteiger partial charge in [-0.25, -0.2) is 18.2 Å². The molecule has 1 aromatic heterocycles. The molecule has 0 amide bonds. The van der Waals surface area contributed by atoms with Crippen LogP contribution in [0.5, 0.6) is 0 Å². The predicted molar refractivity (Wildman–Crippen MR) is 95.8 cm³/mol. The summed E-state index contributed by atoms with van der Waals surface area (Å²) >= 11 is 0. The fraction of sp³-hybridized carbons (Fsp3) is 0.158. The topological polar surface area (TPSA) is 49.8 Å². The van der Waals surface area contributed by atoms with Crippen LogP contribution < -0.4 is 10.6 Å². The van der Waals surface area contributed by atoms with Gasteiger partial charge in [0.1, 0.15) is 5.82 Å². The number of rotatable bonds is 6. The van der Waals surface area contributed by atoms with Crippen LogP contribution in [0.4, 0.5) is 30.6 Å². The summed E-state index contributed by atoms with van der Waals surface area (Å²) in [4.78, 5) is 8.62. The number of hydrogen-bond donors (Lipinski definition) is 2. The molecule has 26 heavy (non-hydrogen) atoms. The fourth-order valence-corrected chi connectivity index (χ4v) is 2.35. The van der Waals surface area contributed by atoms with Gasteiger partial charge in [-0.1, -0.05) is 37.3 Å². The monoisotopic (exact) mass is 358 g/mol. The summed E-state index contributed by atoms with van der Waals surface area (Å²) < 4.78 is 40.5. The lowest BCUT2D eigenvalue weighted by Crippen LogP contribution is -2.07. The number of nitrogens with zero attached hydrogens (tertiary/aromatic N) is 2. The second kappa shape index (κ2) is 7.86. The van der Waals surface area contributed by atoms with Gasteiger partial charge in [-0.2, -0.15) is 4.98 Å². The molecule has 0 aliphatic carbocycles. The Labute approximate surface area is 149 Å². The van der Waals surface area contributed by atoms with E-state index in [-0.39, 0.29) is 11.6 Å². The molecule has 0 bridgehead atoms. The molecule has 0 aliphatic rings. The SMILES string of the molecule is CCCNc1cc(-c2ccccc2)nc(Nc2ccc(F)c(F)c2F)n1. The lowest BCUT2D eigenvalue weighted by atomic mass is 10.1. The summed E-state index contributed by atoms with van der Waals surface area (Å²) in [6.45, 7) is 2.71. The molecular formula is C19H17F3N4. The van der Waals surface area contributed by atoms with E-state index in [0.29, 0.717) is 18.1 Å². The molecule has 2 N–H and O–H groups in total. The van der Waals surface area contributed by atoms with Gasteiger partial charge in [0.2, 0.25) is 5.95 Å². The maximum absolute atomic E-state index is 13.9. The first kappa shape index (κ1) is 17.7. The Morgan fingerprint density at radius 3 is 2.42 bits per heavy atom. The van der Waals surface area contributed by atoms with Crippen LogP contribution in [0.2, 0.25) is 0 Å². The molecule has 0 radical (unpaired) electrons. The first-order chi connectivity index (χ1) is 12.6. The molecule has 0 saturated heterocycles. The van der Waals surface area contributed by atoms with Crippen molar-refractivity contribution in [2.75, 3.05) is 17.2 Å². The smallest absolute Gasteiger partial charge is 0.229 e. The summed E-state index contributed by atoms with van der Waals surface area (Å²) in [5, 5.41) is 5.77. The molecule has 0 spiro atoms. The van der Waals surface area contributed by atoms with Crippen molar-refractivity contribution in [1.29, 1.82) is 0 Å². The maximum Gasteiger partial charge on any atom is 0.229 e. The minimum absolute atomic E-state index is 0.0786. The third-order valence-corrected chi connectivity index (χ3v) is 3.63. The number of hydrogen-bond acceptors (Lipinski definition) is 4. The van der Waals surface area contributed by atoms with Crippen LogP contribution in [0.25, 0.3) is 11.3 Å². The number of benzene rings is 2. The predicted octanol–water partition coefficient (Wildman–Crippen LogP) is 5.13. The van der Waals surface area contributed by atoms with E-state index in [9.17, 15) is 13.2 Å². The fourth-order valence-electron chi connectivity index (χ4n) is 2.35. The molecule has 0 unspecified atom stereocenters. The molecule has 1 heterocycles. The van der Waals surface area contributed by atoms with Crippen molar-refractivity contribution in [3.8, 4) is 11.3 Å². The van der Waals surface area contributed by atoms with Crippen LogP contribution in [0.15, 0.2) is 48.5 Å². The highest BCUT2D eigenvalue weighted by atomic mass is 19.2. The van der Waals surface area contributed by atoms with Crippen molar-refractivity contribution in [2.45, 2.75) is 13.3 Å². The van der Waals surface area contributed by atoms with Gasteiger partial charge in [-0.3, -0.25) is 0 Å². The average Bonchev–Trinajstić information content (AvgIpc) is 2.67. The zero-order valence-corrected chi connectivity index (χ0v) is 14.1. The van der Waals surface area contributed by atoms with Gasteiger partial charge in [0, 0.05) is 18.2 Å². The molecule has 3 aromatic rings. The quantitative estimate of drug-likeness (QED) is 0.600. The molecule has 7 heteroatoms. The van der Waals surface area contributed by atoms with Crippen molar-refractivity contribution in [3.63, 3.8) is 0 Å². The summed E-state index contributed by atoms with van der Waals surface area (Å²) in [7, 11) is 0. The van der Waals surface area contributed by atoms with Crippen LogP contribution in [0.1, 0.15) is 13.3 Å². The number of nitrogens with one attached hydrogen (secondary N) is 2. The van der Waals surface area contributed by atoms with Crippen molar-refractivity contribution >= 4 is 17.5 Å². The van der Waals surface area contributed by atoms with E-state index in [2.05, 4.69) is 20.6 Å². The molecule has 0 atom stereocenters. The molecular weight excluding hydrogens is 341 g/mol. The summed E-state index contributed by atoms with van der Waals surface area (Å²) in [5.74, 6) is -3.49. The zero-order chi connectivity index (χ0) is 18.5. The molecule has 3 rings (SSSR count). The minimum atomic E-state index is -1.54. The molecule has 134 valence electrons. The number of aromatic nitrogens is 2. The minimum Gasteiger partial charge on any atom is -0.370 e. The van der Waals surface area contributed by atoms with E-state index < -0.39 is 17.5 Å². The van der Waals surface area contributed by atoms with Crippen LogP contribution in [-0.2, 0) is 0 Å². The highest BCUT2D eigenvalue weighted by Gasteiger charge is 2.15. The van der Waals surface area contributed by atoms with Gasteiger partial charge in [-0.15, -0.1) is 0 Å². The molecule has 0 saturated carbocycles. The van der Waals surface area contributed by atoms with E-state index in [1.165, 1.54) is 0 Å². The molecule has 4 nitrogen and oxygen atoms in total. The normalized spacial score (nSPS) is 10.6. The Bertz CT molecular complexity index is 901. The summed E-state index contributed by atoms with van der Waals surface area (Å²) in [6, 6.07) is 13.1. The van der Waals surface area contributed by atoms with Gasteiger partial charge in [-0.05, 0) is 18.6 Å². The van der Waals surface area contributed by atoms with Crippen molar-refractivity contribution in [1.82, 2.24) is 9.97 Å². The highest BCUT2D eigenvalue weighted by molar-refractivity contribution is 5.66. The first-order valence-electron chi connectivity index (χ1n) is 8.17. The third kappa shape index (κ3) is 3.93. The van der Waals surface area contributed by atoms with Crippen molar-refractivity contribution in [3.05, 3.63) is 66.0 Å². The summed E-state index contributed by atoms with van der Waals surface area (Å²) in [6.07, 6.45) is 0.894. The van der Waals surface area contributed by atoms with Crippen LogP contribution in [0.3, 0.4) is 0 Å². The standard InChI is InChI=1S/C19H17F3N4/c1-2-10-23-16-11-15(12-6-4-3-5-7-12)25-19(26-16)24-14-9-8-13(20)17(21)18(14)22/h3-9,11H,2,10H2,1H3,(H2,23,24,25,26). The van der Waals surface area contributed by atoms with E-state index in [1.807, 2.05) is 37.3 Å². The lowest BCUT2D eigenvalue weighted by molar-refractivity contribution is 0.449. The maximum atomic E-state index is 13.9. The highest BCUT2D eigenvalue weighted by Crippen LogP contribution is 2.25. The van der Waals surface area contributed by atoms with Gasteiger partial charge in [0.15, 0.2) is 17.5 Å². The van der Waals surface area contributed by atoms with Crippen molar-refractivity contribution in [2.24, 2.45) is 0 Å². The van der Waals surface area contributed by atoms with Crippen LogP contribution >= 0.6 is 0 Å². The van der Waals surface area contributed by atoms with E-state index in [0.717, 1.165) is 24.1 Å². The van der Waals surface area contributed by atoms with Crippen LogP contribution in [-0.4, -0.2) is 16.5 Å². The Kier molecular flexibility index (Phi) is 5.36. The van der Waals surface area contributed by atoms with E-state index in [1.54, 1.807) is 6.07 Å².